The molecule has 0 aromatic heterocycles. The molecule has 1 atom stereocenters. The lowest BCUT2D eigenvalue weighted by molar-refractivity contribution is -0.137. The summed E-state index contributed by atoms with van der Waals surface area (Å²) in [5.41, 5.74) is 0.417. The molecule has 0 heterocycles. The average Bonchev–Trinajstić information content (AvgIpc) is 2.48. The fraction of sp³-hybridized carbons (Fsp3) is 0.400. The largest absolute Gasteiger partial charge is 0.490 e. The number of carbonyl (C=O) groups excluding carboxylic acids is 1. The van der Waals surface area contributed by atoms with Crippen molar-refractivity contribution >= 4 is 21.9 Å². The summed E-state index contributed by atoms with van der Waals surface area (Å²) in [7, 11) is 1.24. The SMILES string of the molecule is C=C(C(=O)OC)C(O)c1cc(Br)c(OCC)c(OCC)c1. The van der Waals surface area contributed by atoms with Crippen molar-refractivity contribution in [1.29, 1.82) is 0 Å². The van der Waals surface area contributed by atoms with E-state index in [1.807, 2.05) is 13.8 Å². The van der Waals surface area contributed by atoms with Crippen LogP contribution < -0.4 is 9.47 Å². The summed E-state index contributed by atoms with van der Waals surface area (Å²) in [4.78, 5) is 11.4. The van der Waals surface area contributed by atoms with Crippen molar-refractivity contribution in [3.05, 3.63) is 34.3 Å². The van der Waals surface area contributed by atoms with Crippen LogP contribution in [-0.2, 0) is 9.53 Å². The Kier molecular flexibility index (Phi) is 6.71. The molecule has 21 heavy (non-hydrogen) atoms. The maximum atomic E-state index is 11.4. The van der Waals surface area contributed by atoms with Crippen LogP contribution in [0.4, 0.5) is 0 Å². The number of carbonyl (C=O) groups is 1. The van der Waals surface area contributed by atoms with E-state index < -0.39 is 12.1 Å². The van der Waals surface area contributed by atoms with E-state index in [-0.39, 0.29) is 5.57 Å². The zero-order valence-electron chi connectivity index (χ0n) is 12.3. The van der Waals surface area contributed by atoms with Gasteiger partial charge in [-0.05, 0) is 47.5 Å². The normalized spacial score (nSPS) is 11.7. The van der Waals surface area contributed by atoms with Crippen LogP contribution in [0, 0.1) is 0 Å². The highest BCUT2D eigenvalue weighted by Gasteiger charge is 2.22. The topological polar surface area (TPSA) is 65.0 Å². The molecule has 1 aromatic carbocycles. The van der Waals surface area contributed by atoms with E-state index in [4.69, 9.17) is 9.47 Å². The lowest BCUT2D eigenvalue weighted by Gasteiger charge is -2.17. The number of esters is 1. The van der Waals surface area contributed by atoms with Gasteiger partial charge < -0.3 is 19.3 Å². The molecule has 1 aromatic rings. The molecule has 0 amide bonds. The van der Waals surface area contributed by atoms with Gasteiger partial charge in [0.1, 0.15) is 6.10 Å². The summed E-state index contributed by atoms with van der Waals surface area (Å²) in [6.07, 6.45) is -1.18. The van der Waals surface area contributed by atoms with Crippen LogP contribution in [0.1, 0.15) is 25.5 Å². The Labute approximate surface area is 132 Å². The first-order chi connectivity index (χ1) is 9.96. The number of benzene rings is 1. The van der Waals surface area contributed by atoms with Crippen molar-refractivity contribution in [2.24, 2.45) is 0 Å². The summed E-state index contributed by atoms with van der Waals surface area (Å²) in [5, 5.41) is 10.2. The molecule has 5 nitrogen and oxygen atoms in total. The second-order valence-corrected chi connectivity index (χ2v) is 4.97. The number of hydrogen-bond donors (Lipinski definition) is 1. The second-order valence-electron chi connectivity index (χ2n) is 4.12. The Hall–Kier alpha value is -1.53. The van der Waals surface area contributed by atoms with Gasteiger partial charge in [-0.15, -0.1) is 0 Å². The minimum Gasteiger partial charge on any atom is -0.490 e. The molecule has 0 aliphatic rings. The average molecular weight is 359 g/mol. The molecule has 0 spiro atoms. The predicted molar refractivity (Wildman–Crippen MR) is 82.6 cm³/mol. The molecule has 0 saturated heterocycles. The van der Waals surface area contributed by atoms with Crippen molar-refractivity contribution in [3.63, 3.8) is 0 Å². The van der Waals surface area contributed by atoms with Gasteiger partial charge in [-0.1, -0.05) is 6.58 Å². The van der Waals surface area contributed by atoms with E-state index in [0.717, 1.165) is 0 Å². The van der Waals surface area contributed by atoms with Crippen molar-refractivity contribution in [1.82, 2.24) is 0 Å². The number of hydrogen-bond acceptors (Lipinski definition) is 5. The number of ether oxygens (including phenoxy) is 3. The molecular weight excluding hydrogens is 340 g/mol. The first-order valence-electron chi connectivity index (χ1n) is 6.50. The van der Waals surface area contributed by atoms with Crippen LogP contribution in [0.3, 0.4) is 0 Å². The number of aliphatic hydroxyl groups is 1. The Morgan fingerprint density at radius 2 is 1.95 bits per heavy atom. The fourth-order valence-corrected chi connectivity index (χ4v) is 2.31. The van der Waals surface area contributed by atoms with Crippen LogP contribution >= 0.6 is 15.9 Å². The third-order valence-electron chi connectivity index (χ3n) is 2.71. The quantitative estimate of drug-likeness (QED) is 0.599. The van der Waals surface area contributed by atoms with Crippen LogP contribution in [0.5, 0.6) is 11.5 Å². The maximum absolute atomic E-state index is 11.4. The Bertz CT molecular complexity index is 527. The van der Waals surface area contributed by atoms with Gasteiger partial charge in [-0.3, -0.25) is 0 Å². The van der Waals surface area contributed by atoms with E-state index in [1.54, 1.807) is 12.1 Å². The van der Waals surface area contributed by atoms with Gasteiger partial charge in [0.15, 0.2) is 11.5 Å². The van der Waals surface area contributed by atoms with Gasteiger partial charge >= 0.3 is 5.97 Å². The van der Waals surface area contributed by atoms with E-state index in [0.29, 0.717) is 34.7 Å². The highest BCUT2D eigenvalue weighted by molar-refractivity contribution is 9.10. The summed E-state index contributed by atoms with van der Waals surface area (Å²) >= 11 is 3.38. The highest BCUT2D eigenvalue weighted by Crippen LogP contribution is 2.39. The molecule has 116 valence electrons. The minimum absolute atomic E-state index is 0.0454. The lowest BCUT2D eigenvalue weighted by Crippen LogP contribution is -2.12. The molecule has 1 rings (SSSR count). The monoisotopic (exact) mass is 358 g/mol. The molecule has 1 unspecified atom stereocenters. The van der Waals surface area contributed by atoms with E-state index in [9.17, 15) is 9.90 Å². The van der Waals surface area contributed by atoms with Crippen molar-refractivity contribution in [3.8, 4) is 11.5 Å². The molecule has 6 heteroatoms. The standard InChI is InChI=1S/C15H19BrO5/c1-5-20-12-8-10(7-11(16)14(12)21-6-2)13(17)9(3)15(18)19-4/h7-8,13,17H,3,5-6H2,1-2,4H3. The fourth-order valence-electron chi connectivity index (χ4n) is 1.74. The molecule has 0 aliphatic carbocycles. The van der Waals surface area contributed by atoms with Gasteiger partial charge in [-0.25, -0.2) is 4.79 Å². The van der Waals surface area contributed by atoms with Crippen LogP contribution in [0.15, 0.2) is 28.8 Å². The number of halogens is 1. The predicted octanol–water partition coefficient (Wildman–Crippen LogP) is 3.01. The molecule has 0 fully saturated rings. The third kappa shape index (κ3) is 4.22. The molecule has 1 N–H and O–H groups in total. The summed E-state index contributed by atoms with van der Waals surface area (Å²) in [5.74, 6) is 0.380. The van der Waals surface area contributed by atoms with Crippen LogP contribution in [-0.4, -0.2) is 31.4 Å². The maximum Gasteiger partial charge on any atom is 0.336 e. The van der Waals surface area contributed by atoms with Gasteiger partial charge in [0.05, 0.1) is 30.4 Å². The summed E-state index contributed by atoms with van der Waals surface area (Å²) < 4.78 is 16.2. The second kappa shape index (κ2) is 8.05. The Balaban J connectivity index is 3.20. The molecule has 0 saturated carbocycles. The first-order valence-corrected chi connectivity index (χ1v) is 7.29. The van der Waals surface area contributed by atoms with Crippen LogP contribution in [0.2, 0.25) is 0 Å². The van der Waals surface area contributed by atoms with Crippen LogP contribution in [0.25, 0.3) is 0 Å². The lowest BCUT2D eigenvalue weighted by atomic mass is 10.0. The Morgan fingerprint density at radius 3 is 2.48 bits per heavy atom. The molecular formula is C15H19BrO5. The van der Waals surface area contributed by atoms with E-state index >= 15 is 0 Å². The van der Waals surface area contributed by atoms with E-state index in [1.165, 1.54) is 7.11 Å². The summed E-state index contributed by atoms with van der Waals surface area (Å²) in [6.45, 7) is 8.20. The van der Waals surface area contributed by atoms with Gasteiger partial charge in [-0.2, -0.15) is 0 Å². The van der Waals surface area contributed by atoms with Crippen molar-refractivity contribution in [2.45, 2.75) is 20.0 Å². The van der Waals surface area contributed by atoms with Gasteiger partial charge in [0.2, 0.25) is 0 Å². The number of aliphatic hydroxyl groups excluding tert-OH is 1. The zero-order chi connectivity index (χ0) is 16.0. The molecule has 0 aliphatic heterocycles. The third-order valence-corrected chi connectivity index (χ3v) is 3.30. The minimum atomic E-state index is -1.18. The Morgan fingerprint density at radius 1 is 1.33 bits per heavy atom. The summed E-state index contributed by atoms with van der Waals surface area (Å²) in [6, 6.07) is 3.28. The smallest absolute Gasteiger partial charge is 0.336 e. The van der Waals surface area contributed by atoms with Gasteiger partial charge in [0, 0.05) is 0 Å². The first kappa shape index (κ1) is 17.5. The molecule has 0 bridgehead atoms. The van der Waals surface area contributed by atoms with Crippen molar-refractivity contribution < 1.29 is 24.1 Å². The number of rotatable bonds is 7. The van der Waals surface area contributed by atoms with E-state index in [2.05, 4.69) is 27.2 Å². The zero-order valence-corrected chi connectivity index (χ0v) is 13.9. The van der Waals surface area contributed by atoms with Gasteiger partial charge in [0.25, 0.3) is 0 Å². The number of methoxy groups -OCH3 is 1. The van der Waals surface area contributed by atoms with Crippen molar-refractivity contribution in [2.75, 3.05) is 20.3 Å². The highest BCUT2D eigenvalue weighted by atomic mass is 79.9. The molecule has 0 radical (unpaired) electrons.